The lowest BCUT2D eigenvalue weighted by Crippen LogP contribution is -2.32. The molecule has 1 fully saturated rings. The zero-order valence-electron chi connectivity index (χ0n) is 7.94. The number of hydrogen-bond acceptors (Lipinski definition) is 1. The van der Waals surface area contributed by atoms with E-state index in [1.807, 2.05) is 0 Å². The summed E-state index contributed by atoms with van der Waals surface area (Å²) >= 11 is 0. The molecule has 1 N–H and O–H groups in total. The van der Waals surface area contributed by atoms with Crippen molar-refractivity contribution in [1.82, 2.24) is 5.32 Å². The van der Waals surface area contributed by atoms with Crippen molar-refractivity contribution in [3.8, 4) is 0 Å². The van der Waals surface area contributed by atoms with E-state index in [1.54, 1.807) is 0 Å². The smallest absolute Gasteiger partial charge is 0.220 e. The zero-order valence-corrected chi connectivity index (χ0v) is 7.94. The van der Waals surface area contributed by atoms with Crippen LogP contribution in [0.2, 0.25) is 0 Å². The highest BCUT2D eigenvalue weighted by molar-refractivity contribution is 5.76. The van der Waals surface area contributed by atoms with Crippen LogP contribution in [0.1, 0.15) is 51.9 Å². The monoisotopic (exact) mass is 169 g/mol. The lowest BCUT2D eigenvalue weighted by atomic mass is 10.0. The van der Waals surface area contributed by atoms with E-state index in [2.05, 4.69) is 12.2 Å². The highest BCUT2D eigenvalue weighted by Crippen LogP contribution is 2.10. The summed E-state index contributed by atoms with van der Waals surface area (Å²) in [5, 5.41) is 3.01. The molecular formula is C10H19NO. The number of rotatable bonds is 0. The maximum atomic E-state index is 11.2. The van der Waals surface area contributed by atoms with Crippen molar-refractivity contribution in [3.05, 3.63) is 0 Å². The van der Waals surface area contributed by atoms with Crippen LogP contribution >= 0.6 is 0 Å². The minimum Gasteiger partial charge on any atom is -0.354 e. The Labute approximate surface area is 74.7 Å². The predicted octanol–water partition coefficient (Wildman–Crippen LogP) is 2.24. The molecule has 0 aliphatic carbocycles. The Kier molecular flexibility index (Phi) is 4.12. The van der Waals surface area contributed by atoms with Crippen LogP contribution in [0.15, 0.2) is 0 Å². The van der Waals surface area contributed by atoms with E-state index in [0.29, 0.717) is 6.04 Å². The summed E-state index contributed by atoms with van der Waals surface area (Å²) in [6.07, 6.45) is 8.07. The minimum atomic E-state index is 0.240. The van der Waals surface area contributed by atoms with Crippen LogP contribution in [0.4, 0.5) is 0 Å². The first-order valence-corrected chi connectivity index (χ1v) is 5.08. The van der Waals surface area contributed by atoms with Gasteiger partial charge in [0.05, 0.1) is 0 Å². The van der Waals surface area contributed by atoms with E-state index in [1.165, 1.54) is 25.7 Å². The molecule has 0 aromatic rings. The van der Waals surface area contributed by atoms with Gasteiger partial charge in [0.1, 0.15) is 0 Å². The Bertz CT molecular complexity index is 145. The molecule has 2 nitrogen and oxygen atoms in total. The fourth-order valence-corrected chi connectivity index (χ4v) is 1.69. The fourth-order valence-electron chi connectivity index (χ4n) is 1.69. The molecule has 1 aliphatic rings. The van der Waals surface area contributed by atoms with Gasteiger partial charge in [-0.1, -0.05) is 25.7 Å². The summed E-state index contributed by atoms with van der Waals surface area (Å²) in [4.78, 5) is 11.2. The summed E-state index contributed by atoms with van der Waals surface area (Å²) < 4.78 is 0. The first-order valence-electron chi connectivity index (χ1n) is 5.08. The van der Waals surface area contributed by atoms with Gasteiger partial charge in [-0.25, -0.2) is 0 Å². The van der Waals surface area contributed by atoms with Gasteiger partial charge < -0.3 is 5.32 Å². The van der Waals surface area contributed by atoms with Gasteiger partial charge in [0.2, 0.25) is 5.91 Å². The Balaban J connectivity index is 2.29. The summed E-state index contributed by atoms with van der Waals surface area (Å²) in [7, 11) is 0. The molecule has 12 heavy (non-hydrogen) atoms. The lowest BCUT2D eigenvalue weighted by Gasteiger charge is -2.15. The Hall–Kier alpha value is -0.530. The number of nitrogens with one attached hydrogen (secondary N) is 1. The van der Waals surface area contributed by atoms with Gasteiger partial charge in [-0.2, -0.15) is 0 Å². The molecule has 70 valence electrons. The second kappa shape index (κ2) is 5.18. The topological polar surface area (TPSA) is 29.1 Å². The van der Waals surface area contributed by atoms with Crippen molar-refractivity contribution < 1.29 is 4.79 Å². The lowest BCUT2D eigenvalue weighted by molar-refractivity contribution is -0.121. The third-order valence-corrected chi connectivity index (χ3v) is 2.45. The number of hydrogen-bond donors (Lipinski definition) is 1. The molecule has 1 rings (SSSR count). The highest BCUT2D eigenvalue weighted by atomic mass is 16.1. The molecule has 0 aromatic carbocycles. The molecule has 1 atom stereocenters. The predicted molar refractivity (Wildman–Crippen MR) is 49.9 cm³/mol. The van der Waals surface area contributed by atoms with E-state index >= 15 is 0 Å². The number of amides is 1. The van der Waals surface area contributed by atoms with E-state index in [-0.39, 0.29) is 5.91 Å². The first kappa shape index (κ1) is 9.56. The molecule has 1 amide bonds. The third-order valence-electron chi connectivity index (χ3n) is 2.45. The standard InChI is InChI=1S/C10H19NO/c1-9-7-5-3-2-4-6-8-10(12)11-9/h9H,2-8H2,1H3,(H,11,12). The van der Waals surface area contributed by atoms with Crippen LogP contribution in [0, 0.1) is 0 Å². The van der Waals surface area contributed by atoms with E-state index < -0.39 is 0 Å². The van der Waals surface area contributed by atoms with Gasteiger partial charge in [0.15, 0.2) is 0 Å². The molecule has 1 unspecified atom stereocenters. The molecule has 1 heterocycles. The van der Waals surface area contributed by atoms with Gasteiger partial charge in [-0.05, 0) is 19.8 Å². The van der Waals surface area contributed by atoms with E-state index in [4.69, 9.17) is 0 Å². The van der Waals surface area contributed by atoms with Crippen LogP contribution < -0.4 is 5.32 Å². The maximum absolute atomic E-state index is 11.2. The van der Waals surface area contributed by atoms with Crippen LogP contribution in [-0.4, -0.2) is 11.9 Å². The second-order valence-electron chi connectivity index (χ2n) is 3.78. The van der Waals surface area contributed by atoms with Crippen molar-refractivity contribution in [3.63, 3.8) is 0 Å². The van der Waals surface area contributed by atoms with Gasteiger partial charge in [0.25, 0.3) is 0 Å². The minimum absolute atomic E-state index is 0.240. The molecule has 0 saturated carbocycles. The van der Waals surface area contributed by atoms with Crippen LogP contribution in [0.25, 0.3) is 0 Å². The average Bonchev–Trinajstić information content (AvgIpc) is 2.02. The summed E-state index contributed by atoms with van der Waals surface area (Å²) in [5.41, 5.74) is 0. The first-order chi connectivity index (χ1) is 5.79. The van der Waals surface area contributed by atoms with Crippen LogP contribution in [-0.2, 0) is 4.79 Å². The number of carbonyl (C=O) groups excluding carboxylic acids is 1. The van der Waals surface area contributed by atoms with E-state index in [0.717, 1.165) is 19.3 Å². The van der Waals surface area contributed by atoms with Crippen molar-refractivity contribution >= 4 is 5.91 Å². The van der Waals surface area contributed by atoms with Gasteiger partial charge in [0, 0.05) is 12.5 Å². The molecule has 0 bridgehead atoms. The summed E-state index contributed by atoms with van der Waals surface area (Å²) in [6, 6.07) is 0.385. The average molecular weight is 169 g/mol. The maximum Gasteiger partial charge on any atom is 0.220 e. The van der Waals surface area contributed by atoms with Crippen molar-refractivity contribution in [2.24, 2.45) is 0 Å². The van der Waals surface area contributed by atoms with Gasteiger partial charge in [-0.3, -0.25) is 4.79 Å². The Morgan fingerprint density at radius 2 is 1.83 bits per heavy atom. The second-order valence-corrected chi connectivity index (χ2v) is 3.78. The van der Waals surface area contributed by atoms with Gasteiger partial charge in [-0.15, -0.1) is 0 Å². The summed E-state index contributed by atoms with van der Waals surface area (Å²) in [6.45, 7) is 2.10. The van der Waals surface area contributed by atoms with Gasteiger partial charge >= 0.3 is 0 Å². The SMILES string of the molecule is CC1CCCCCCCC(=O)N1. The van der Waals surface area contributed by atoms with Crippen molar-refractivity contribution in [2.45, 2.75) is 57.9 Å². The molecule has 0 aromatic heterocycles. The van der Waals surface area contributed by atoms with E-state index in [9.17, 15) is 4.79 Å². The molecule has 0 radical (unpaired) electrons. The normalized spacial score (nSPS) is 27.8. The molecular weight excluding hydrogens is 150 g/mol. The van der Waals surface area contributed by atoms with Crippen molar-refractivity contribution in [2.75, 3.05) is 0 Å². The van der Waals surface area contributed by atoms with Crippen molar-refractivity contribution in [1.29, 1.82) is 0 Å². The Morgan fingerprint density at radius 1 is 1.17 bits per heavy atom. The largest absolute Gasteiger partial charge is 0.354 e. The Morgan fingerprint density at radius 3 is 2.67 bits per heavy atom. The molecule has 1 saturated heterocycles. The molecule has 0 spiro atoms. The number of carbonyl (C=O) groups is 1. The highest BCUT2D eigenvalue weighted by Gasteiger charge is 2.08. The summed E-state index contributed by atoms with van der Waals surface area (Å²) in [5.74, 6) is 0.240. The fraction of sp³-hybridized carbons (Fsp3) is 0.900. The zero-order chi connectivity index (χ0) is 8.81. The third kappa shape index (κ3) is 3.74. The van der Waals surface area contributed by atoms with Crippen LogP contribution in [0.3, 0.4) is 0 Å². The quantitative estimate of drug-likeness (QED) is 0.592. The van der Waals surface area contributed by atoms with Crippen LogP contribution in [0.5, 0.6) is 0 Å². The molecule has 2 heteroatoms. The molecule has 1 aliphatic heterocycles.